The van der Waals surface area contributed by atoms with Gasteiger partial charge in [0.1, 0.15) is 6.61 Å². The Labute approximate surface area is 143 Å². The maximum absolute atomic E-state index is 13.9. The van der Waals surface area contributed by atoms with Gasteiger partial charge in [-0.3, -0.25) is 0 Å². The maximum Gasteiger partial charge on any atom is 0.289 e. The molecule has 0 saturated carbocycles. The minimum atomic E-state index is -3.36. The molecule has 0 aliphatic heterocycles. The molecule has 0 amide bonds. The average molecular weight is 348 g/mol. The van der Waals surface area contributed by atoms with Crippen LogP contribution in [0.5, 0.6) is 0 Å². The molecule has 0 heterocycles. The summed E-state index contributed by atoms with van der Waals surface area (Å²) in [5.74, 6) is -3.36. The van der Waals surface area contributed by atoms with E-state index >= 15 is 0 Å². The van der Waals surface area contributed by atoms with E-state index in [1.54, 1.807) is 6.07 Å². The van der Waals surface area contributed by atoms with Crippen LogP contribution >= 0.6 is 12.4 Å². The molecule has 0 unspecified atom stereocenters. The third-order valence-corrected chi connectivity index (χ3v) is 4.56. The van der Waals surface area contributed by atoms with Gasteiger partial charge < -0.3 is 10.8 Å². The molecule has 0 aliphatic carbocycles. The van der Waals surface area contributed by atoms with Crippen LogP contribution < -0.4 is 5.73 Å². The van der Waals surface area contributed by atoms with Crippen LogP contribution in [0.25, 0.3) is 32.3 Å². The highest BCUT2D eigenvalue weighted by atomic mass is 35.5. The highest BCUT2D eigenvalue weighted by Gasteiger charge is 2.38. The summed E-state index contributed by atoms with van der Waals surface area (Å²) in [6.07, 6.45) is 0. The molecular weight excluding hydrogens is 332 g/mol. The lowest BCUT2D eigenvalue weighted by Crippen LogP contribution is -2.36. The van der Waals surface area contributed by atoms with E-state index in [1.165, 1.54) is 0 Å². The first kappa shape index (κ1) is 16.8. The van der Waals surface area contributed by atoms with Crippen molar-refractivity contribution in [3.8, 4) is 0 Å². The van der Waals surface area contributed by atoms with Gasteiger partial charge in [0, 0.05) is 0 Å². The predicted molar refractivity (Wildman–Crippen MR) is 96.4 cm³/mol. The molecule has 2 nitrogen and oxygen atoms in total. The van der Waals surface area contributed by atoms with E-state index in [0.29, 0.717) is 10.9 Å². The third-order valence-electron chi connectivity index (χ3n) is 4.56. The first-order chi connectivity index (χ1) is 11.0. The van der Waals surface area contributed by atoms with Crippen LogP contribution in [0.15, 0.2) is 54.6 Å². The number of benzene rings is 4. The fourth-order valence-electron chi connectivity index (χ4n) is 3.35. The summed E-state index contributed by atoms with van der Waals surface area (Å²) in [5, 5.41) is 14.8. The van der Waals surface area contributed by atoms with Crippen LogP contribution in [0, 0.1) is 0 Å². The third kappa shape index (κ3) is 2.30. The predicted octanol–water partition coefficient (Wildman–Crippen LogP) is 4.63. The Morgan fingerprint density at radius 2 is 1.42 bits per heavy atom. The number of aliphatic hydroxyl groups excluding tert-OH is 1. The van der Waals surface area contributed by atoms with Crippen molar-refractivity contribution in [1.82, 2.24) is 0 Å². The molecule has 124 valence electrons. The lowest BCUT2D eigenvalue weighted by atomic mass is 9.89. The smallest absolute Gasteiger partial charge is 0.289 e. The highest BCUT2D eigenvalue weighted by molar-refractivity contribution is 6.23. The largest absolute Gasteiger partial charge is 0.390 e. The molecule has 0 bridgehead atoms. The zero-order chi connectivity index (χ0) is 16.2. The molecule has 4 aromatic carbocycles. The lowest BCUT2D eigenvalue weighted by molar-refractivity contribution is -0.0708. The molecule has 4 aromatic rings. The number of aliphatic hydroxyl groups is 1. The van der Waals surface area contributed by atoms with Crippen molar-refractivity contribution < 1.29 is 13.9 Å². The molecule has 0 aliphatic rings. The van der Waals surface area contributed by atoms with Gasteiger partial charge in [0.25, 0.3) is 5.92 Å². The van der Waals surface area contributed by atoms with Gasteiger partial charge in [0.15, 0.2) is 0 Å². The van der Waals surface area contributed by atoms with Crippen molar-refractivity contribution in [2.45, 2.75) is 12.0 Å². The number of alkyl halides is 2. The highest BCUT2D eigenvalue weighted by Crippen LogP contribution is 2.39. The fourth-order valence-corrected chi connectivity index (χ4v) is 3.35. The van der Waals surface area contributed by atoms with Crippen molar-refractivity contribution in [3.63, 3.8) is 0 Å². The van der Waals surface area contributed by atoms with Gasteiger partial charge in [-0.05, 0) is 37.9 Å². The van der Waals surface area contributed by atoms with Crippen molar-refractivity contribution in [2.24, 2.45) is 5.73 Å². The Morgan fingerprint density at radius 3 is 2.04 bits per heavy atom. The number of rotatable bonds is 3. The monoisotopic (exact) mass is 347 g/mol. The topological polar surface area (TPSA) is 46.2 Å². The summed E-state index contributed by atoms with van der Waals surface area (Å²) < 4.78 is 27.8. The first-order valence-electron chi connectivity index (χ1n) is 7.43. The standard InChI is InChI=1S/C19H15F2NO.ClH/c20-19(21,10-23)18(22)15-9-7-13-5-4-11-2-1-3-12-6-8-14(15)17(13)16(11)12;/h1-9,18,23H,10,22H2;1H/t18-;/m0./s1. The van der Waals surface area contributed by atoms with Gasteiger partial charge in [-0.15, -0.1) is 12.4 Å². The van der Waals surface area contributed by atoms with Gasteiger partial charge in [-0.1, -0.05) is 54.6 Å². The van der Waals surface area contributed by atoms with Crippen LogP contribution in [-0.4, -0.2) is 17.6 Å². The number of hydrogen-bond donors (Lipinski definition) is 2. The molecule has 24 heavy (non-hydrogen) atoms. The molecule has 0 radical (unpaired) electrons. The van der Waals surface area contributed by atoms with Crippen molar-refractivity contribution >= 4 is 44.7 Å². The van der Waals surface area contributed by atoms with E-state index < -0.39 is 18.6 Å². The molecule has 0 fully saturated rings. The SMILES string of the molecule is Cl.N[C@@H](c1ccc2ccc3cccc4ccc1c2c34)C(F)(F)CO. The van der Waals surface area contributed by atoms with Crippen LogP contribution in [0.3, 0.4) is 0 Å². The van der Waals surface area contributed by atoms with Gasteiger partial charge in [-0.2, -0.15) is 0 Å². The minimum absolute atomic E-state index is 0. The van der Waals surface area contributed by atoms with E-state index in [2.05, 4.69) is 0 Å². The summed E-state index contributed by atoms with van der Waals surface area (Å²) >= 11 is 0. The lowest BCUT2D eigenvalue weighted by Gasteiger charge is -2.24. The number of hydrogen-bond acceptors (Lipinski definition) is 2. The van der Waals surface area contributed by atoms with E-state index in [0.717, 1.165) is 26.9 Å². The summed E-state index contributed by atoms with van der Waals surface area (Å²) in [6, 6.07) is 15.7. The van der Waals surface area contributed by atoms with E-state index in [1.807, 2.05) is 48.5 Å². The number of nitrogens with two attached hydrogens (primary N) is 1. The van der Waals surface area contributed by atoms with Gasteiger partial charge in [0.2, 0.25) is 0 Å². The molecule has 0 saturated heterocycles. The fraction of sp³-hybridized carbons (Fsp3) is 0.158. The molecule has 0 aromatic heterocycles. The summed E-state index contributed by atoms with van der Waals surface area (Å²) in [4.78, 5) is 0. The quantitative estimate of drug-likeness (QED) is 0.531. The molecule has 0 spiro atoms. The van der Waals surface area contributed by atoms with Crippen LogP contribution in [0.2, 0.25) is 0 Å². The van der Waals surface area contributed by atoms with Crippen LogP contribution in [0.1, 0.15) is 11.6 Å². The molecule has 5 heteroatoms. The first-order valence-corrected chi connectivity index (χ1v) is 7.43. The Bertz CT molecular complexity index is 1000. The zero-order valence-electron chi connectivity index (χ0n) is 12.7. The van der Waals surface area contributed by atoms with Crippen molar-refractivity contribution in [1.29, 1.82) is 0 Å². The van der Waals surface area contributed by atoms with Crippen LogP contribution in [-0.2, 0) is 0 Å². The Hall–Kier alpha value is -2.01. The minimum Gasteiger partial charge on any atom is -0.390 e. The van der Waals surface area contributed by atoms with Crippen LogP contribution in [0.4, 0.5) is 8.78 Å². The average Bonchev–Trinajstić information content (AvgIpc) is 2.59. The summed E-state index contributed by atoms with van der Waals surface area (Å²) in [5.41, 5.74) is 6.13. The van der Waals surface area contributed by atoms with Gasteiger partial charge in [-0.25, -0.2) is 8.78 Å². The van der Waals surface area contributed by atoms with Gasteiger partial charge >= 0.3 is 0 Å². The Kier molecular flexibility index (Phi) is 4.08. The summed E-state index contributed by atoms with van der Waals surface area (Å²) in [6.45, 7) is -1.27. The normalized spacial score (nSPS) is 13.5. The second-order valence-corrected chi connectivity index (χ2v) is 5.91. The zero-order valence-corrected chi connectivity index (χ0v) is 13.5. The van der Waals surface area contributed by atoms with E-state index in [4.69, 9.17) is 10.8 Å². The van der Waals surface area contributed by atoms with Gasteiger partial charge in [0.05, 0.1) is 6.04 Å². The Morgan fingerprint density at radius 1 is 0.875 bits per heavy atom. The molecule has 1 atom stereocenters. The molecule has 3 N–H and O–H groups in total. The molecule has 4 rings (SSSR count). The van der Waals surface area contributed by atoms with Crippen molar-refractivity contribution in [3.05, 3.63) is 60.2 Å². The summed E-state index contributed by atoms with van der Waals surface area (Å²) in [7, 11) is 0. The second-order valence-electron chi connectivity index (χ2n) is 5.91. The Balaban J connectivity index is 0.00000169. The molecular formula is C19H16ClF2NO. The van der Waals surface area contributed by atoms with E-state index in [9.17, 15) is 8.78 Å². The van der Waals surface area contributed by atoms with Crippen molar-refractivity contribution in [2.75, 3.05) is 6.61 Å². The maximum atomic E-state index is 13.9. The second kappa shape index (κ2) is 5.81. The number of halogens is 3. The van der Waals surface area contributed by atoms with E-state index in [-0.39, 0.29) is 12.4 Å².